The van der Waals surface area contributed by atoms with Crippen LogP contribution in [0.2, 0.25) is 0 Å². The minimum Gasteiger partial charge on any atom is -0.493 e. The molecule has 1 aliphatic rings. The van der Waals surface area contributed by atoms with Gasteiger partial charge in [-0.3, -0.25) is 4.90 Å². The number of hydrogen-bond donors (Lipinski definition) is 0. The van der Waals surface area contributed by atoms with Crippen LogP contribution in [-0.2, 0) is 12.8 Å². The molecule has 0 saturated heterocycles. The van der Waals surface area contributed by atoms with E-state index in [1.807, 2.05) is 20.9 Å². The lowest BCUT2D eigenvalue weighted by Crippen LogP contribution is -2.40. The highest BCUT2D eigenvalue weighted by Gasteiger charge is 2.22. The third kappa shape index (κ3) is 3.27. The summed E-state index contributed by atoms with van der Waals surface area (Å²) in [5.74, 6) is 1.04. The molecule has 0 unspecified atom stereocenters. The third-order valence-electron chi connectivity index (χ3n) is 3.94. The first-order chi connectivity index (χ1) is 9.03. The Balaban J connectivity index is 1.99. The van der Waals surface area contributed by atoms with E-state index in [9.17, 15) is 0 Å². The predicted octanol–water partition coefficient (Wildman–Crippen LogP) is 2.79. The van der Waals surface area contributed by atoms with Gasteiger partial charge in [0, 0.05) is 6.54 Å². The van der Waals surface area contributed by atoms with Crippen molar-refractivity contribution in [2.24, 2.45) is 0 Å². The summed E-state index contributed by atoms with van der Waals surface area (Å²) in [4.78, 5) is 2.10. The highest BCUT2D eigenvalue weighted by Crippen LogP contribution is 2.25. The van der Waals surface area contributed by atoms with Gasteiger partial charge in [0.2, 0.25) is 0 Å². The van der Waals surface area contributed by atoms with Crippen molar-refractivity contribution >= 4 is 0 Å². The molecule has 0 atom stereocenters. The van der Waals surface area contributed by atoms with Crippen LogP contribution in [0.25, 0.3) is 0 Å². The van der Waals surface area contributed by atoms with Crippen LogP contribution in [0.15, 0.2) is 18.2 Å². The molecule has 1 aromatic rings. The maximum atomic E-state index is 9.11. The van der Waals surface area contributed by atoms with Gasteiger partial charge in [0.05, 0.1) is 12.7 Å². The highest BCUT2D eigenvalue weighted by atomic mass is 16.5. The number of ether oxygens (including phenoxy) is 1. The Hall–Kier alpha value is -1.53. The number of nitriles is 1. The number of hydrogen-bond acceptors (Lipinski definition) is 3. The maximum absolute atomic E-state index is 9.11. The van der Waals surface area contributed by atoms with Crippen molar-refractivity contribution in [3.05, 3.63) is 29.3 Å². The SMILES string of the molecule is CN(CCc1ccc2c(c1)CCCO2)C(C)(C)C#N. The third-order valence-corrected chi connectivity index (χ3v) is 3.94. The van der Waals surface area contributed by atoms with E-state index < -0.39 is 5.54 Å². The molecule has 1 aliphatic heterocycles. The Labute approximate surface area is 115 Å². The smallest absolute Gasteiger partial charge is 0.122 e. The van der Waals surface area contributed by atoms with Crippen molar-refractivity contribution in [3.8, 4) is 11.8 Å². The number of likely N-dealkylation sites (N-methyl/N-ethyl adjacent to an activating group) is 1. The molecule has 1 heterocycles. The molecule has 0 amide bonds. The Morgan fingerprint density at radius 1 is 1.42 bits per heavy atom. The Kier molecular flexibility index (Phi) is 4.11. The lowest BCUT2D eigenvalue weighted by molar-refractivity contribution is 0.214. The fourth-order valence-electron chi connectivity index (χ4n) is 2.23. The van der Waals surface area contributed by atoms with Crippen molar-refractivity contribution in [2.45, 2.75) is 38.6 Å². The van der Waals surface area contributed by atoms with Crippen molar-refractivity contribution in [3.63, 3.8) is 0 Å². The summed E-state index contributed by atoms with van der Waals surface area (Å²) >= 11 is 0. The van der Waals surface area contributed by atoms with Gasteiger partial charge >= 0.3 is 0 Å². The number of nitrogens with zero attached hydrogens (tertiary/aromatic N) is 2. The van der Waals surface area contributed by atoms with Gasteiger partial charge in [-0.15, -0.1) is 0 Å². The van der Waals surface area contributed by atoms with Crippen LogP contribution < -0.4 is 4.74 Å². The number of benzene rings is 1. The zero-order chi connectivity index (χ0) is 13.9. The molecular weight excluding hydrogens is 236 g/mol. The summed E-state index contributed by atoms with van der Waals surface area (Å²) in [6.07, 6.45) is 3.19. The summed E-state index contributed by atoms with van der Waals surface area (Å²) in [5, 5.41) is 9.11. The van der Waals surface area contributed by atoms with E-state index in [-0.39, 0.29) is 0 Å². The normalized spacial score (nSPS) is 14.7. The fourth-order valence-corrected chi connectivity index (χ4v) is 2.23. The Morgan fingerprint density at radius 3 is 2.95 bits per heavy atom. The lowest BCUT2D eigenvalue weighted by atomic mass is 10.0. The average Bonchev–Trinajstić information content (AvgIpc) is 2.44. The molecule has 0 radical (unpaired) electrons. The van der Waals surface area contributed by atoms with Crippen LogP contribution in [0.3, 0.4) is 0 Å². The molecule has 19 heavy (non-hydrogen) atoms. The molecule has 0 aromatic heterocycles. The van der Waals surface area contributed by atoms with Gasteiger partial charge in [0.25, 0.3) is 0 Å². The second-order valence-electron chi connectivity index (χ2n) is 5.74. The largest absolute Gasteiger partial charge is 0.493 e. The van der Waals surface area contributed by atoms with Crippen LogP contribution in [0.4, 0.5) is 0 Å². The summed E-state index contributed by atoms with van der Waals surface area (Å²) < 4.78 is 5.62. The highest BCUT2D eigenvalue weighted by molar-refractivity contribution is 5.38. The molecule has 0 spiro atoms. The Morgan fingerprint density at radius 2 is 2.21 bits per heavy atom. The van der Waals surface area contributed by atoms with E-state index in [1.165, 1.54) is 11.1 Å². The van der Waals surface area contributed by atoms with Gasteiger partial charge in [0.15, 0.2) is 0 Å². The summed E-state index contributed by atoms with van der Waals surface area (Å²) in [6.45, 7) is 5.63. The minimum atomic E-state index is -0.405. The van der Waals surface area contributed by atoms with Crippen molar-refractivity contribution in [1.29, 1.82) is 5.26 Å². The second-order valence-corrected chi connectivity index (χ2v) is 5.74. The first-order valence-electron chi connectivity index (χ1n) is 6.90. The van der Waals surface area contributed by atoms with Gasteiger partial charge in [-0.2, -0.15) is 5.26 Å². The van der Waals surface area contributed by atoms with Crippen LogP contribution in [0, 0.1) is 11.3 Å². The van der Waals surface area contributed by atoms with E-state index in [2.05, 4.69) is 29.2 Å². The van der Waals surface area contributed by atoms with Gasteiger partial charge in [-0.1, -0.05) is 12.1 Å². The number of aryl methyl sites for hydroxylation is 1. The zero-order valence-electron chi connectivity index (χ0n) is 12.1. The minimum absolute atomic E-state index is 0.405. The van der Waals surface area contributed by atoms with Crippen LogP contribution >= 0.6 is 0 Å². The molecule has 0 N–H and O–H groups in total. The van der Waals surface area contributed by atoms with Crippen molar-refractivity contribution < 1.29 is 4.74 Å². The molecular formula is C16H22N2O. The average molecular weight is 258 g/mol. The second kappa shape index (κ2) is 5.63. The molecule has 0 aliphatic carbocycles. The predicted molar refractivity (Wildman–Crippen MR) is 76.3 cm³/mol. The summed E-state index contributed by atoms with van der Waals surface area (Å²) in [5.41, 5.74) is 2.24. The van der Waals surface area contributed by atoms with E-state index in [1.54, 1.807) is 0 Å². The van der Waals surface area contributed by atoms with E-state index in [0.29, 0.717) is 0 Å². The molecule has 0 fully saturated rings. The zero-order valence-corrected chi connectivity index (χ0v) is 12.1. The summed E-state index contributed by atoms with van der Waals surface area (Å²) in [6, 6.07) is 8.80. The molecule has 0 bridgehead atoms. The van der Waals surface area contributed by atoms with E-state index in [0.717, 1.165) is 38.2 Å². The molecule has 3 heteroatoms. The fraction of sp³-hybridized carbons (Fsp3) is 0.562. The topological polar surface area (TPSA) is 36.3 Å². The number of fused-ring (bicyclic) bond motifs is 1. The first kappa shape index (κ1) is 13.9. The van der Waals surface area contributed by atoms with Crippen molar-refractivity contribution in [1.82, 2.24) is 4.90 Å². The van der Waals surface area contributed by atoms with Crippen LogP contribution in [-0.4, -0.2) is 30.6 Å². The van der Waals surface area contributed by atoms with Crippen LogP contribution in [0.5, 0.6) is 5.75 Å². The quantitative estimate of drug-likeness (QED) is 0.833. The molecule has 1 aromatic carbocycles. The molecule has 2 rings (SSSR count). The van der Waals surface area contributed by atoms with Crippen LogP contribution in [0.1, 0.15) is 31.4 Å². The van der Waals surface area contributed by atoms with E-state index in [4.69, 9.17) is 10.00 Å². The molecule has 0 saturated carbocycles. The van der Waals surface area contributed by atoms with Gasteiger partial charge in [0.1, 0.15) is 11.3 Å². The van der Waals surface area contributed by atoms with Gasteiger partial charge < -0.3 is 4.74 Å². The molecule has 102 valence electrons. The lowest BCUT2D eigenvalue weighted by Gasteiger charge is -2.29. The summed E-state index contributed by atoms with van der Waals surface area (Å²) in [7, 11) is 2.00. The standard InChI is InChI=1S/C16H22N2O/c1-16(2,12-17)18(3)9-8-13-6-7-15-14(11-13)5-4-10-19-15/h6-7,11H,4-5,8-10H2,1-3H3. The van der Waals surface area contributed by atoms with Gasteiger partial charge in [-0.05, 0) is 57.4 Å². The van der Waals surface area contributed by atoms with Crippen molar-refractivity contribution in [2.75, 3.05) is 20.2 Å². The van der Waals surface area contributed by atoms with Gasteiger partial charge in [-0.25, -0.2) is 0 Å². The molecule has 3 nitrogen and oxygen atoms in total. The maximum Gasteiger partial charge on any atom is 0.122 e. The number of rotatable bonds is 4. The Bertz CT molecular complexity index is 488. The first-order valence-corrected chi connectivity index (χ1v) is 6.90. The van der Waals surface area contributed by atoms with E-state index >= 15 is 0 Å². The monoisotopic (exact) mass is 258 g/mol.